The number of H-pyrrole nitrogens is 3. The van der Waals surface area contributed by atoms with Gasteiger partial charge in [0.1, 0.15) is 35.7 Å². The van der Waals surface area contributed by atoms with E-state index in [2.05, 4.69) is 106 Å². The topological polar surface area (TPSA) is 388 Å². The number of carbonyl (C=O) groups excluding carboxylic acids is 5. The molecule has 0 bridgehead atoms. The summed E-state index contributed by atoms with van der Waals surface area (Å²) in [6.45, 7) is 8.75. The minimum atomic E-state index is -1.72. The summed E-state index contributed by atoms with van der Waals surface area (Å²) in [5.74, 6) is 7.11. The van der Waals surface area contributed by atoms with E-state index in [0.29, 0.717) is 51.3 Å². The van der Waals surface area contributed by atoms with E-state index in [1.165, 1.54) is 30.5 Å². The van der Waals surface area contributed by atoms with Crippen LogP contribution in [0.25, 0.3) is 44.3 Å². The van der Waals surface area contributed by atoms with Crippen LogP contribution in [-0.4, -0.2) is 172 Å². The Balaban J connectivity index is 0. The molecule has 9 rings (SSSR count). The Hall–Kier alpha value is -7.37. The van der Waals surface area contributed by atoms with E-state index >= 15 is 0 Å². The lowest BCUT2D eigenvalue weighted by molar-refractivity contribution is -0.148. The molecule has 28 nitrogen and oxygen atoms in total. The van der Waals surface area contributed by atoms with E-state index in [-0.39, 0.29) is 20.4 Å². The summed E-state index contributed by atoms with van der Waals surface area (Å²) in [7, 11) is 22.8. The second-order valence-electron chi connectivity index (χ2n) is 14.7. The van der Waals surface area contributed by atoms with E-state index in [1.807, 2.05) is 45.3 Å². The molecule has 9 heterocycles. The highest BCUT2D eigenvalue weighted by Crippen LogP contribution is 2.32. The van der Waals surface area contributed by atoms with Crippen molar-refractivity contribution in [2.75, 3.05) is 49.2 Å². The number of ketones is 1. The Kier molecular flexibility index (Phi) is 41.4. The number of carbonyl (C=O) groups is 5. The van der Waals surface area contributed by atoms with Crippen molar-refractivity contribution in [2.45, 2.75) is 68.2 Å². The number of methoxy groups -OCH3 is 5. The SMILES string of the molecule is C.C.CCC(N)=S.CCC1=NCC=N1.CCc1ncn(-c2ncc(OC)c3c(C(=O)C(=O)OC)c[nH]c23)n1.CCc1ncn(-c2ncc(OC)c3cc[nH]c23)n1.CO.COC(=O)C(=O)Cl.COc1cnc(Cl)c2[nH]ccc12.NNC=O.[Cl][Al]([Cl])[Cl]. The summed E-state index contributed by atoms with van der Waals surface area (Å²) < 4.78 is 27.2. The highest BCUT2D eigenvalue weighted by atomic mass is 35.8. The van der Waals surface area contributed by atoms with Gasteiger partial charge in [-0.25, -0.2) is 84.9 Å². The molecule has 1 aliphatic heterocycles. The number of nitrogens with zero attached hydrogens (tertiary/aromatic N) is 11. The van der Waals surface area contributed by atoms with E-state index < -0.39 is 34.3 Å². The number of amidine groups is 1. The van der Waals surface area contributed by atoms with Crippen LogP contribution in [0.5, 0.6) is 17.2 Å². The van der Waals surface area contributed by atoms with Gasteiger partial charge in [-0.05, 0) is 30.2 Å². The van der Waals surface area contributed by atoms with Crippen LogP contribution in [0.2, 0.25) is 5.15 Å². The Morgan fingerprint density at radius 1 is 0.741 bits per heavy atom. The zero-order valence-electron chi connectivity index (χ0n) is 46.4. The van der Waals surface area contributed by atoms with Crippen LogP contribution >= 0.6 is 65.6 Å². The summed E-state index contributed by atoms with van der Waals surface area (Å²) in [5.41, 5.74) is 9.13. The van der Waals surface area contributed by atoms with Gasteiger partial charge in [0.15, 0.2) is 28.4 Å². The number of aryl methyl sites for hydroxylation is 2. The molecule has 8 aromatic heterocycles. The normalized spacial score (nSPS) is 10.0. The number of aliphatic hydroxyl groups is 1. The van der Waals surface area contributed by atoms with Crippen molar-refractivity contribution in [1.29, 1.82) is 0 Å². The predicted molar refractivity (Wildman–Crippen MR) is 337 cm³/mol. The number of hydrazine groups is 1. The molecule has 0 unspecified atom stereocenters. The number of nitrogens with one attached hydrogen (secondary N) is 4. The van der Waals surface area contributed by atoms with Crippen molar-refractivity contribution in [3.05, 3.63) is 84.3 Å². The molecule has 0 radical (unpaired) electrons. The third-order valence-electron chi connectivity index (χ3n) is 9.80. The second-order valence-corrected chi connectivity index (χ2v) is 22.3. The Bertz CT molecular complexity index is 3370. The molecule has 1 aliphatic rings. The summed E-state index contributed by atoms with van der Waals surface area (Å²) in [4.78, 5) is 90.9. The molecule has 0 aromatic carbocycles. The first kappa shape index (κ1) is 79.7. The molecule has 0 fully saturated rings. The van der Waals surface area contributed by atoms with E-state index in [1.54, 1.807) is 49.2 Å². The number of amides is 1. The quantitative estimate of drug-likeness (QED) is 0.00497. The average Bonchev–Trinajstić information content (AvgIpc) is 2.87. The summed E-state index contributed by atoms with van der Waals surface area (Å²) in [6, 6.07) is 3.86. The summed E-state index contributed by atoms with van der Waals surface area (Å²) >= 11 is 13.2. The number of thiocarbonyl (C=S) groups is 1. The number of hydrogen-bond donors (Lipinski definition) is 7. The number of halogens is 5. The van der Waals surface area contributed by atoms with Gasteiger partial charge in [0.05, 0.1) is 93.2 Å². The van der Waals surface area contributed by atoms with Gasteiger partial charge in [-0.3, -0.25) is 24.8 Å². The number of hydrogen-bond acceptors (Lipinski definition) is 22. The van der Waals surface area contributed by atoms with Gasteiger partial charge in [0.2, 0.25) is 6.41 Å². The lowest BCUT2D eigenvalue weighted by Gasteiger charge is -2.07. The second kappa shape index (κ2) is 44.2. The zero-order chi connectivity index (χ0) is 62.6. The molecule has 1 amide bonds. The number of fused-ring (bicyclic) bond motifs is 3. The minimum absolute atomic E-state index is 0. The largest absolute Gasteiger partial charge is 0.643 e. The van der Waals surface area contributed by atoms with Crippen molar-refractivity contribution in [2.24, 2.45) is 21.6 Å². The zero-order valence-corrected chi connectivity index (χ0v) is 52.2. The maximum Gasteiger partial charge on any atom is 0.643 e. The maximum atomic E-state index is 12.2. The standard InChI is InChI=1S/C15H15N5O4.C12H13N5O.C8H7ClN2O.C5H8N2.C3H3ClO3.C3H7NS.CH4N2O.CH4O.2CH4.Al.3ClH/c1-4-10-18-7-20(19-10)14-12-11(9(23-2)6-17-14)8(5-16-12)13(21)15(22)24-3;1-3-10-15-7-17(16-10)12-11-8(4-5-13-11)9(18-2)6-14-12;1-12-6-4-11-8(9)7-5(6)2-3-10-7;1-2-5-6-3-4-7-5;1-7-3(6)2(4)5;1-2-3(4)5;2-3-1-4;1-2;;;;;;/h5-7,16H,4H2,1-3H3;4-7,13H,3H2,1-2H3;2-4,10H,1H3;3H,2,4H2,1H3;1H3;2H2,1H3,(H2,4,5);1H,2H2,(H,3,4);2H,1H3;2*1H4;;3*1H/q;;;;;;;;;;+3;;;/p-3. The molecular weight excluding hydrogens is 1250 g/mol. The van der Waals surface area contributed by atoms with Crippen molar-refractivity contribution in [3.8, 4) is 28.9 Å². The van der Waals surface area contributed by atoms with Gasteiger partial charge in [0.25, 0.3) is 5.78 Å². The fraction of sp³-hybridized carbons (Fsp3) is 0.340. The highest BCUT2D eigenvalue weighted by molar-refractivity contribution is 7.80. The van der Waals surface area contributed by atoms with Crippen LogP contribution in [0.1, 0.15) is 77.4 Å². The molecule has 0 atom stereocenters. The van der Waals surface area contributed by atoms with Crippen LogP contribution in [0.15, 0.2) is 72.0 Å². The number of aromatic amines is 3. The van der Waals surface area contributed by atoms with Gasteiger partial charge in [-0.15, -0.1) is 10.2 Å². The van der Waals surface area contributed by atoms with Crippen LogP contribution < -0.4 is 31.2 Å². The summed E-state index contributed by atoms with van der Waals surface area (Å²) in [5, 5.41) is 17.4. The number of ether oxygens (including phenoxy) is 5. The fourth-order valence-corrected chi connectivity index (χ4v) is 6.34. The molecule has 9 N–H and O–H groups in total. The van der Waals surface area contributed by atoms with Crippen LogP contribution in [-0.2, 0) is 41.5 Å². The number of aromatic nitrogens is 12. The van der Waals surface area contributed by atoms with Crippen LogP contribution in [0.4, 0.5) is 0 Å². The third kappa shape index (κ3) is 25.8. The third-order valence-corrected chi connectivity index (χ3v) is 10.5. The molecular formula is C50H69AlCl5N17O11S. The number of Topliss-reactive ketones (excluding diaryl/α,β-unsaturated/α-hetero) is 1. The first-order valence-corrected chi connectivity index (χ1v) is 30.2. The highest BCUT2D eigenvalue weighted by Gasteiger charge is 2.25. The fourth-order valence-electron chi connectivity index (χ4n) is 6.06. The number of aliphatic imine (C=N–C) groups is 2. The molecule has 0 aliphatic carbocycles. The van der Waals surface area contributed by atoms with Crippen molar-refractivity contribution >= 4 is 156 Å². The molecule has 35 heteroatoms. The lowest BCUT2D eigenvalue weighted by Crippen LogP contribution is -2.18. The van der Waals surface area contributed by atoms with Crippen molar-refractivity contribution in [3.63, 3.8) is 0 Å². The Morgan fingerprint density at radius 2 is 1.19 bits per heavy atom. The number of aliphatic hydroxyl groups excluding tert-OH is 1. The molecule has 8 aromatic rings. The number of nitrogens with two attached hydrogens (primary N) is 2. The predicted octanol–water partition coefficient (Wildman–Crippen LogP) is 7.67. The van der Waals surface area contributed by atoms with E-state index in [4.69, 9.17) is 71.6 Å². The van der Waals surface area contributed by atoms with Gasteiger partial charge >= 0.3 is 28.6 Å². The van der Waals surface area contributed by atoms with E-state index in [0.717, 1.165) is 97.9 Å². The number of pyridine rings is 3. The monoisotopic (exact) mass is 1320 g/mol. The van der Waals surface area contributed by atoms with Crippen molar-refractivity contribution in [1.82, 2.24) is 64.9 Å². The molecule has 0 saturated heterocycles. The first-order chi connectivity index (χ1) is 39.8. The van der Waals surface area contributed by atoms with Crippen LogP contribution in [0.3, 0.4) is 0 Å². The molecule has 85 heavy (non-hydrogen) atoms. The van der Waals surface area contributed by atoms with E-state index in [9.17, 15) is 19.2 Å². The number of rotatable bonds is 13. The smallest absolute Gasteiger partial charge is 0.494 e. The minimum Gasteiger partial charge on any atom is -0.494 e. The maximum absolute atomic E-state index is 12.2. The molecule has 464 valence electrons. The van der Waals surface area contributed by atoms with Gasteiger partial charge in [-0.1, -0.05) is 66.4 Å². The lowest BCUT2D eigenvalue weighted by atomic mass is 10.1. The number of esters is 2. The Labute approximate surface area is 522 Å². The van der Waals surface area contributed by atoms with Crippen molar-refractivity contribution < 1.29 is 52.8 Å². The average molecular weight is 1320 g/mol. The van der Waals surface area contributed by atoms with Gasteiger partial charge in [-0.2, -0.15) is 0 Å². The van der Waals surface area contributed by atoms with Crippen LogP contribution in [0, 0.1) is 0 Å². The van der Waals surface area contributed by atoms with Gasteiger partial charge < -0.3 is 49.5 Å². The summed E-state index contributed by atoms with van der Waals surface area (Å²) in [6.07, 6.45) is 18.6. The first-order valence-electron chi connectivity index (χ1n) is 23.8. The molecule has 0 saturated carbocycles. The Morgan fingerprint density at radius 3 is 1.55 bits per heavy atom. The van der Waals surface area contributed by atoms with Gasteiger partial charge in [0, 0.05) is 61.9 Å². The molecule has 0 spiro atoms.